The average molecular weight is 377 g/mol. The maximum Gasteiger partial charge on any atom is 0.100 e. The minimum atomic E-state index is 0.751. The number of nitriles is 1. The van der Waals surface area contributed by atoms with Gasteiger partial charge in [-0.25, -0.2) is 0 Å². The average Bonchev–Trinajstić information content (AvgIpc) is 2.77. The molecule has 0 saturated carbocycles. The third-order valence-corrected chi connectivity index (χ3v) is 5.49. The lowest BCUT2D eigenvalue weighted by Crippen LogP contribution is -2.21. The summed E-state index contributed by atoms with van der Waals surface area (Å²) in [6.45, 7) is 6.39. The van der Waals surface area contributed by atoms with Crippen LogP contribution in [-0.4, -0.2) is 13.1 Å². The van der Waals surface area contributed by atoms with Crippen LogP contribution in [0.2, 0.25) is 0 Å². The van der Waals surface area contributed by atoms with Gasteiger partial charge in [0.15, 0.2) is 0 Å². The Balaban J connectivity index is 1.66. The van der Waals surface area contributed by atoms with E-state index in [0.29, 0.717) is 0 Å². The fourth-order valence-electron chi connectivity index (χ4n) is 3.89. The highest BCUT2D eigenvalue weighted by Gasteiger charge is 2.07. The van der Waals surface area contributed by atoms with Crippen LogP contribution < -0.4 is 4.90 Å². The maximum absolute atomic E-state index is 9.68. The van der Waals surface area contributed by atoms with E-state index in [1.807, 2.05) is 18.2 Å². The molecule has 4 aromatic carbocycles. The normalized spacial score (nSPS) is 11.2. The Morgan fingerprint density at radius 2 is 1.41 bits per heavy atom. The Bertz CT molecular complexity index is 1220. The summed E-state index contributed by atoms with van der Waals surface area (Å²) in [5, 5.41) is 13.9. The summed E-state index contributed by atoms with van der Waals surface area (Å²) < 4.78 is 0. The van der Waals surface area contributed by atoms with E-state index in [4.69, 9.17) is 0 Å². The topological polar surface area (TPSA) is 27.0 Å². The molecule has 0 aliphatic heterocycles. The van der Waals surface area contributed by atoms with E-state index in [2.05, 4.69) is 91.6 Å². The third kappa shape index (κ3) is 3.73. The van der Waals surface area contributed by atoms with Crippen LogP contribution in [0.15, 0.2) is 72.8 Å². The SMILES string of the molecule is CCN(CC)c1ccc(C=Cc2ccc3c(C#N)c4ccccc4cc3c2)cc1. The molecule has 142 valence electrons. The molecule has 4 aromatic rings. The van der Waals surface area contributed by atoms with E-state index in [1.54, 1.807) is 0 Å². The van der Waals surface area contributed by atoms with Crippen LogP contribution in [0.25, 0.3) is 33.7 Å². The van der Waals surface area contributed by atoms with Crippen molar-refractivity contribution in [2.24, 2.45) is 0 Å². The molecule has 4 rings (SSSR count). The summed E-state index contributed by atoms with van der Waals surface area (Å²) in [7, 11) is 0. The lowest BCUT2D eigenvalue weighted by Gasteiger charge is -2.20. The van der Waals surface area contributed by atoms with Crippen molar-refractivity contribution in [1.29, 1.82) is 5.26 Å². The largest absolute Gasteiger partial charge is 0.372 e. The quantitative estimate of drug-likeness (QED) is 0.280. The van der Waals surface area contributed by atoms with E-state index in [0.717, 1.165) is 45.8 Å². The molecule has 0 spiro atoms. The molecule has 0 radical (unpaired) electrons. The highest BCUT2D eigenvalue weighted by atomic mass is 15.1. The molecule has 0 aliphatic rings. The van der Waals surface area contributed by atoms with Gasteiger partial charge in [0.05, 0.1) is 5.56 Å². The minimum Gasteiger partial charge on any atom is -0.372 e. The Morgan fingerprint density at radius 3 is 2.14 bits per heavy atom. The lowest BCUT2D eigenvalue weighted by atomic mass is 9.96. The number of benzene rings is 4. The summed E-state index contributed by atoms with van der Waals surface area (Å²) in [4.78, 5) is 2.34. The van der Waals surface area contributed by atoms with Crippen molar-refractivity contribution in [3.05, 3.63) is 89.5 Å². The third-order valence-electron chi connectivity index (χ3n) is 5.49. The smallest absolute Gasteiger partial charge is 0.100 e. The van der Waals surface area contributed by atoms with Gasteiger partial charge in [-0.1, -0.05) is 60.7 Å². The van der Waals surface area contributed by atoms with Crippen LogP contribution >= 0.6 is 0 Å². The first-order valence-electron chi connectivity index (χ1n) is 10.1. The Kier molecular flexibility index (Phi) is 5.31. The molecule has 2 heteroatoms. The molecule has 0 aliphatic carbocycles. The van der Waals surface area contributed by atoms with Crippen molar-refractivity contribution in [1.82, 2.24) is 0 Å². The van der Waals surface area contributed by atoms with Crippen LogP contribution in [0.1, 0.15) is 30.5 Å². The summed E-state index contributed by atoms with van der Waals surface area (Å²) in [6, 6.07) is 27.6. The second kappa shape index (κ2) is 8.20. The monoisotopic (exact) mass is 376 g/mol. The molecular formula is C27H24N2. The van der Waals surface area contributed by atoms with Gasteiger partial charge in [-0.3, -0.25) is 0 Å². The molecule has 0 aromatic heterocycles. The van der Waals surface area contributed by atoms with Gasteiger partial charge in [-0.05, 0) is 60.0 Å². The van der Waals surface area contributed by atoms with Crippen molar-refractivity contribution in [2.75, 3.05) is 18.0 Å². The van der Waals surface area contributed by atoms with Crippen molar-refractivity contribution in [3.63, 3.8) is 0 Å². The second-order valence-corrected chi connectivity index (χ2v) is 7.16. The summed E-state index contributed by atoms with van der Waals surface area (Å²) >= 11 is 0. The van der Waals surface area contributed by atoms with Gasteiger partial charge in [-0.2, -0.15) is 5.26 Å². The molecule has 0 unspecified atom stereocenters. The highest BCUT2D eigenvalue weighted by molar-refractivity contribution is 6.05. The van der Waals surface area contributed by atoms with Gasteiger partial charge >= 0.3 is 0 Å². The fraction of sp³-hybridized carbons (Fsp3) is 0.148. The minimum absolute atomic E-state index is 0.751. The number of nitrogens with zero attached hydrogens (tertiary/aromatic N) is 2. The number of fused-ring (bicyclic) bond motifs is 2. The predicted molar refractivity (Wildman–Crippen MR) is 125 cm³/mol. The van der Waals surface area contributed by atoms with Crippen molar-refractivity contribution >= 4 is 39.4 Å². The summed E-state index contributed by atoms with van der Waals surface area (Å²) in [6.07, 6.45) is 4.27. The molecule has 0 heterocycles. The van der Waals surface area contributed by atoms with Gasteiger partial charge in [0.1, 0.15) is 6.07 Å². The van der Waals surface area contributed by atoms with Crippen LogP contribution in [0.5, 0.6) is 0 Å². The van der Waals surface area contributed by atoms with Crippen molar-refractivity contribution < 1.29 is 0 Å². The molecule has 0 fully saturated rings. The maximum atomic E-state index is 9.68. The zero-order chi connectivity index (χ0) is 20.2. The zero-order valence-electron chi connectivity index (χ0n) is 16.9. The van der Waals surface area contributed by atoms with E-state index in [1.165, 1.54) is 11.3 Å². The zero-order valence-corrected chi connectivity index (χ0v) is 16.9. The molecule has 0 amide bonds. The molecule has 0 atom stereocenters. The molecule has 0 N–H and O–H groups in total. The van der Waals surface area contributed by atoms with E-state index >= 15 is 0 Å². The number of hydrogen-bond acceptors (Lipinski definition) is 2. The van der Waals surface area contributed by atoms with E-state index in [9.17, 15) is 5.26 Å². The van der Waals surface area contributed by atoms with E-state index < -0.39 is 0 Å². The first-order valence-corrected chi connectivity index (χ1v) is 10.1. The van der Waals surface area contributed by atoms with Crippen LogP contribution in [-0.2, 0) is 0 Å². The van der Waals surface area contributed by atoms with Gasteiger partial charge < -0.3 is 4.90 Å². The molecule has 29 heavy (non-hydrogen) atoms. The summed E-state index contributed by atoms with van der Waals surface area (Å²) in [5.41, 5.74) is 4.32. The number of anilines is 1. The Hall–Kier alpha value is -3.57. The first-order chi connectivity index (χ1) is 14.2. The van der Waals surface area contributed by atoms with Gasteiger partial charge in [0.2, 0.25) is 0 Å². The molecule has 0 saturated heterocycles. The van der Waals surface area contributed by atoms with Crippen LogP contribution in [0.4, 0.5) is 5.69 Å². The molecule has 0 bridgehead atoms. The van der Waals surface area contributed by atoms with Crippen LogP contribution in [0, 0.1) is 11.3 Å². The van der Waals surface area contributed by atoms with E-state index in [-0.39, 0.29) is 0 Å². The van der Waals surface area contributed by atoms with Crippen molar-refractivity contribution in [2.45, 2.75) is 13.8 Å². The summed E-state index contributed by atoms with van der Waals surface area (Å²) in [5.74, 6) is 0. The standard InChI is InChI=1S/C27H24N2/c1-3-29(4-2)24-14-11-20(12-15-24)9-10-21-13-16-26-23(17-21)18-22-7-5-6-8-25(22)27(26)19-28/h5-18H,3-4H2,1-2H3. The number of hydrogen-bond donors (Lipinski definition) is 0. The van der Waals surface area contributed by atoms with Crippen molar-refractivity contribution in [3.8, 4) is 6.07 Å². The van der Waals surface area contributed by atoms with Gasteiger partial charge in [-0.15, -0.1) is 0 Å². The number of rotatable bonds is 5. The fourth-order valence-corrected chi connectivity index (χ4v) is 3.89. The molecular weight excluding hydrogens is 352 g/mol. The Morgan fingerprint density at radius 1 is 0.759 bits per heavy atom. The highest BCUT2D eigenvalue weighted by Crippen LogP contribution is 2.29. The Labute approximate surface area is 172 Å². The van der Waals surface area contributed by atoms with Crippen LogP contribution in [0.3, 0.4) is 0 Å². The van der Waals surface area contributed by atoms with Gasteiger partial charge in [0.25, 0.3) is 0 Å². The predicted octanol–water partition coefficient (Wildman–Crippen LogP) is 6.88. The van der Waals surface area contributed by atoms with Gasteiger partial charge in [0, 0.05) is 29.5 Å². The lowest BCUT2D eigenvalue weighted by molar-refractivity contribution is 0.866. The first kappa shape index (κ1) is 18.8. The second-order valence-electron chi connectivity index (χ2n) is 7.16. The molecule has 2 nitrogen and oxygen atoms in total.